The molecule has 2 nitrogen and oxygen atoms in total. The van der Waals surface area contributed by atoms with Gasteiger partial charge in [-0.05, 0) is 47.4 Å². The highest BCUT2D eigenvalue weighted by atomic mass is 16.5. The third-order valence-corrected chi connectivity index (χ3v) is 4.32. The third-order valence-electron chi connectivity index (χ3n) is 4.32. The van der Waals surface area contributed by atoms with E-state index < -0.39 is 0 Å². The molecule has 0 bridgehead atoms. The summed E-state index contributed by atoms with van der Waals surface area (Å²) in [7, 11) is 0. The Morgan fingerprint density at radius 3 is 2.42 bits per heavy atom. The summed E-state index contributed by atoms with van der Waals surface area (Å²) in [5.74, 6) is 0.889. The number of aromatic nitrogens is 1. The first kappa shape index (κ1) is 14.6. The van der Waals surface area contributed by atoms with Crippen LogP contribution in [0.5, 0.6) is 5.75 Å². The molecule has 0 spiro atoms. The Kier molecular flexibility index (Phi) is 3.80. The lowest BCUT2D eigenvalue weighted by Gasteiger charge is -2.09. The van der Waals surface area contributed by atoms with Gasteiger partial charge in [0.15, 0.2) is 0 Å². The maximum absolute atomic E-state index is 5.87. The molecule has 4 rings (SSSR count). The monoisotopic (exact) mass is 313 g/mol. The fraction of sp³-hybridized carbons (Fsp3) is 0.0909. The lowest BCUT2D eigenvalue weighted by atomic mass is 9.99. The Hall–Kier alpha value is -3.00. The summed E-state index contributed by atoms with van der Waals surface area (Å²) >= 11 is 0. The summed E-state index contributed by atoms with van der Waals surface area (Å²) in [6.45, 7) is 2.73. The van der Waals surface area contributed by atoms with E-state index in [1.807, 2.05) is 30.3 Å². The summed E-state index contributed by atoms with van der Waals surface area (Å²) in [5.41, 5.74) is 6.07. The zero-order valence-electron chi connectivity index (χ0n) is 13.6. The van der Waals surface area contributed by atoms with Crippen molar-refractivity contribution >= 4 is 10.9 Å². The smallest absolute Gasteiger partial charge is 0.119 e. The van der Waals surface area contributed by atoms with Gasteiger partial charge >= 0.3 is 0 Å². The van der Waals surface area contributed by atoms with Crippen LogP contribution >= 0.6 is 0 Å². The van der Waals surface area contributed by atoms with Gasteiger partial charge in [-0.25, -0.2) is 0 Å². The Labute approximate surface area is 141 Å². The summed E-state index contributed by atoms with van der Waals surface area (Å²) in [6, 6.07) is 24.9. The predicted octanol–water partition coefficient (Wildman–Crippen LogP) is 5.72. The molecule has 0 aliphatic carbocycles. The molecule has 0 aliphatic rings. The van der Waals surface area contributed by atoms with Crippen LogP contribution in [0.3, 0.4) is 0 Å². The average Bonchev–Trinajstić information content (AvgIpc) is 3.03. The average molecular weight is 313 g/mol. The molecular weight excluding hydrogens is 294 g/mol. The molecule has 0 radical (unpaired) electrons. The molecule has 0 saturated carbocycles. The molecule has 0 saturated heterocycles. The summed E-state index contributed by atoms with van der Waals surface area (Å²) in [5, 5.41) is 1.29. The van der Waals surface area contributed by atoms with Crippen LogP contribution in [-0.2, 0) is 6.61 Å². The number of nitrogens with one attached hydrogen (secondary N) is 1. The van der Waals surface area contributed by atoms with E-state index in [0.29, 0.717) is 6.61 Å². The quantitative estimate of drug-likeness (QED) is 0.512. The second kappa shape index (κ2) is 6.25. The van der Waals surface area contributed by atoms with Crippen molar-refractivity contribution in [1.82, 2.24) is 4.98 Å². The van der Waals surface area contributed by atoms with E-state index in [9.17, 15) is 0 Å². The molecule has 1 heterocycles. The van der Waals surface area contributed by atoms with Crippen LogP contribution in [0.2, 0.25) is 0 Å². The van der Waals surface area contributed by atoms with Crippen LogP contribution in [0.1, 0.15) is 11.1 Å². The topological polar surface area (TPSA) is 25.0 Å². The van der Waals surface area contributed by atoms with Crippen molar-refractivity contribution < 1.29 is 4.74 Å². The van der Waals surface area contributed by atoms with Crippen molar-refractivity contribution in [3.63, 3.8) is 0 Å². The van der Waals surface area contributed by atoms with Crippen LogP contribution in [0.4, 0.5) is 0 Å². The summed E-state index contributed by atoms with van der Waals surface area (Å²) in [4.78, 5) is 3.32. The Bertz CT molecular complexity index is 952. The number of aromatic amines is 1. The van der Waals surface area contributed by atoms with Crippen molar-refractivity contribution in [2.45, 2.75) is 13.5 Å². The minimum atomic E-state index is 0.590. The third kappa shape index (κ3) is 2.79. The minimum absolute atomic E-state index is 0.590. The first-order chi connectivity index (χ1) is 11.8. The first-order valence-corrected chi connectivity index (χ1v) is 8.15. The van der Waals surface area contributed by atoms with E-state index >= 15 is 0 Å². The molecule has 118 valence electrons. The van der Waals surface area contributed by atoms with Gasteiger partial charge in [-0.3, -0.25) is 0 Å². The highest BCUT2D eigenvalue weighted by Gasteiger charge is 2.07. The van der Waals surface area contributed by atoms with E-state index in [1.165, 1.54) is 33.2 Å². The lowest BCUT2D eigenvalue weighted by Crippen LogP contribution is -1.94. The summed E-state index contributed by atoms with van der Waals surface area (Å²) < 4.78 is 5.87. The minimum Gasteiger partial charge on any atom is -0.489 e. The number of hydrogen-bond donors (Lipinski definition) is 1. The van der Waals surface area contributed by atoms with Gasteiger partial charge in [-0.15, -0.1) is 0 Å². The van der Waals surface area contributed by atoms with E-state index in [-0.39, 0.29) is 0 Å². The fourth-order valence-electron chi connectivity index (χ4n) is 3.07. The van der Waals surface area contributed by atoms with E-state index in [2.05, 4.69) is 60.6 Å². The van der Waals surface area contributed by atoms with Gasteiger partial charge in [-0.2, -0.15) is 0 Å². The van der Waals surface area contributed by atoms with Gasteiger partial charge in [0.1, 0.15) is 12.4 Å². The Morgan fingerprint density at radius 2 is 1.62 bits per heavy atom. The molecule has 1 N–H and O–H groups in total. The van der Waals surface area contributed by atoms with Gasteiger partial charge in [-0.1, -0.05) is 54.6 Å². The number of benzene rings is 3. The number of H-pyrrole nitrogens is 1. The molecule has 0 fully saturated rings. The number of rotatable bonds is 4. The second-order valence-electron chi connectivity index (χ2n) is 6.00. The maximum atomic E-state index is 5.87. The normalized spacial score (nSPS) is 10.9. The Morgan fingerprint density at radius 1 is 0.833 bits per heavy atom. The van der Waals surface area contributed by atoms with Crippen molar-refractivity contribution in [2.75, 3.05) is 0 Å². The second-order valence-corrected chi connectivity index (χ2v) is 6.00. The molecule has 24 heavy (non-hydrogen) atoms. The lowest BCUT2D eigenvalue weighted by molar-refractivity contribution is 0.306. The van der Waals surface area contributed by atoms with Crippen molar-refractivity contribution in [1.29, 1.82) is 0 Å². The van der Waals surface area contributed by atoms with Crippen LogP contribution in [0, 0.1) is 6.92 Å². The van der Waals surface area contributed by atoms with Crippen LogP contribution in [-0.4, -0.2) is 4.98 Å². The standard InChI is InChI=1S/C22H19NO/c1-16-14-23-21-9-5-8-20(22(16)21)18-10-12-19(13-11-18)24-15-17-6-3-2-4-7-17/h2-14,23H,15H2,1H3. The number of fused-ring (bicyclic) bond motifs is 1. The zero-order valence-corrected chi connectivity index (χ0v) is 13.6. The van der Waals surface area contributed by atoms with Gasteiger partial charge in [0.05, 0.1) is 0 Å². The molecule has 0 amide bonds. The first-order valence-electron chi connectivity index (χ1n) is 8.15. The molecule has 2 heteroatoms. The maximum Gasteiger partial charge on any atom is 0.119 e. The van der Waals surface area contributed by atoms with E-state index in [4.69, 9.17) is 4.74 Å². The van der Waals surface area contributed by atoms with Gasteiger partial charge in [0.2, 0.25) is 0 Å². The number of hydrogen-bond acceptors (Lipinski definition) is 1. The van der Waals surface area contributed by atoms with Crippen molar-refractivity contribution in [2.24, 2.45) is 0 Å². The fourth-order valence-corrected chi connectivity index (χ4v) is 3.07. The molecule has 0 unspecified atom stereocenters. The highest BCUT2D eigenvalue weighted by molar-refractivity contribution is 5.97. The molecule has 4 aromatic rings. The molecule has 0 aliphatic heterocycles. The molecule has 1 aromatic heterocycles. The van der Waals surface area contributed by atoms with Crippen molar-refractivity contribution in [3.8, 4) is 16.9 Å². The largest absolute Gasteiger partial charge is 0.489 e. The predicted molar refractivity (Wildman–Crippen MR) is 99.2 cm³/mol. The van der Waals surface area contributed by atoms with Gasteiger partial charge in [0, 0.05) is 17.1 Å². The number of aryl methyl sites for hydroxylation is 1. The zero-order chi connectivity index (χ0) is 16.4. The van der Waals surface area contributed by atoms with E-state index in [0.717, 1.165) is 5.75 Å². The van der Waals surface area contributed by atoms with Crippen molar-refractivity contribution in [3.05, 3.63) is 90.1 Å². The molecular formula is C22H19NO. The highest BCUT2D eigenvalue weighted by Crippen LogP contribution is 2.31. The summed E-state index contributed by atoms with van der Waals surface area (Å²) in [6.07, 6.45) is 2.06. The van der Waals surface area contributed by atoms with Crippen LogP contribution in [0.15, 0.2) is 79.0 Å². The van der Waals surface area contributed by atoms with Gasteiger partial charge < -0.3 is 9.72 Å². The number of ether oxygens (including phenoxy) is 1. The SMILES string of the molecule is Cc1c[nH]c2cccc(-c3ccc(OCc4ccccc4)cc3)c12. The van der Waals surface area contributed by atoms with Gasteiger partial charge in [0.25, 0.3) is 0 Å². The van der Waals surface area contributed by atoms with Crippen LogP contribution < -0.4 is 4.74 Å². The van der Waals surface area contributed by atoms with Crippen LogP contribution in [0.25, 0.3) is 22.0 Å². The Balaban J connectivity index is 1.58. The molecule has 0 atom stereocenters. The van der Waals surface area contributed by atoms with E-state index in [1.54, 1.807) is 0 Å². The molecule has 3 aromatic carbocycles.